The lowest BCUT2D eigenvalue weighted by molar-refractivity contribution is -0.180. The fraction of sp³-hybridized carbons (Fsp3) is 0.312. The predicted octanol–water partition coefficient (Wildman–Crippen LogP) is 0.0633. The number of amides is 1. The third kappa shape index (κ3) is 6.42. The van der Waals surface area contributed by atoms with Gasteiger partial charge in [-0.05, 0) is 5.56 Å². The Kier molecular flexibility index (Phi) is 7.26. The number of carboxylic acids is 1. The number of aliphatic carboxylic acids is 1. The van der Waals surface area contributed by atoms with Crippen LogP contribution in [0.25, 0.3) is 0 Å². The fourth-order valence-electron chi connectivity index (χ4n) is 1.86. The van der Waals surface area contributed by atoms with Crippen molar-refractivity contribution in [1.82, 2.24) is 5.32 Å². The summed E-state index contributed by atoms with van der Waals surface area (Å²) < 4.78 is 9.27. The van der Waals surface area contributed by atoms with Crippen LogP contribution in [0.5, 0.6) is 0 Å². The second kappa shape index (κ2) is 9.16. The van der Waals surface area contributed by atoms with Crippen molar-refractivity contribution in [3.05, 3.63) is 35.4 Å². The van der Waals surface area contributed by atoms with Crippen LogP contribution in [0.3, 0.4) is 0 Å². The Labute approximate surface area is 142 Å². The Balaban J connectivity index is 2.86. The van der Waals surface area contributed by atoms with Gasteiger partial charge in [-0.3, -0.25) is 19.2 Å². The van der Waals surface area contributed by atoms with Crippen LogP contribution in [-0.4, -0.2) is 47.4 Å². The van der Waals surface area contributed by atoms with Crippen LogP contribution in [0.15, 0.2) is 24.3 Å². The molecule has 2 N–H and O–H groups in total. The Morgan fingerprint density at radius 3 is 2.00 bits per heavy atom. The Bertz CT molecular complexity index is 667. The first-order valence-corrected chi connectivity index (χ1v) is 7.13. The van der Waals surface area contributed by atoms with Gasteiger partial charge in [0.2, 0.25) is 12.2 Å². The highest BCUT2D eigenvalue weighted by molar-refractivity contribution is 5.90. The van der Waals surface area contributed by atoms with Crippen molar-refractivity contribution >= 4 is 30.1 Å². The van der Waals surface area contributed by atoms with E-state index in [9.17, 15) is 24.0 Å². The van der Waals surface area contributed by atoms with E-state index >= 15 is 0 Å². The van der Waals surface area contributed by atoms with Crippen LogP contribution < -0.4 is 5.32 Å². The number of hydrogen-bond donors (Lipinski definition) is 2. The van der Waals surface area contributed by atoms with Gasteiger partial charge in [0, 0.05) is 26.0 Å². The molecule has 0 fully saturated rings. The zero-order valence-corrected chi connectivity index (χ0v) is 13.6. The van der Waals surface area contributed by atoms with E-state index in [1.165, 1.54) is 12.1 Å². The van der Waals surface area contributed by atoms with Crippen LogP contribution in [0.4, 0.5) is 0 Å². The van der Waals surface area contributed by atoms with Gasteiger partial charge in [0.05, 0.1) is 0 Å². The van der Waals surface area contributed by atoms with Gasteiger partial charge in [-0.15, -0.1) is 0 Å². The van der Waals surface area contributed by atoms with Crippen LogP contribution >= 0.6 is 0 Å². The van der Waals surface area contributed by atoms with Crippen LogP contribution in [0.1, 0.15) is 29.8 Å². The molecular formula is C16H17NO8. The lowest BCUT2D eigenvalue weighted by Gasteiger charge is -2.22. The van der Waals surface area contributed by atoms with Crippen molar-refractivity contribution in [2.24, 2.45) is 0 Å². The molecule has 0 aliphatic heterocycles. The summed E-state index contributed by atoms with van der Waals surface area (Å²) in [7, 11) is 0. The van der Waals surface area contributed by atoms with Crippen molar-refractivity contribution in [3.8, 4) is 0 Å². The average Bonchev–Trinajstić information content (AvgIpc) is 2.55. The highest BCUT2D eigenvalue weighted by Crippen LogP contribution is 2.09. The molecule has 9 nitrogen and oxygen atoms in total. The molecule has 0 saturated heterocycles. The number of hydrogen-bond acceptors (Lipinski definition) is 7. The summed E-state index contributed by atoms with van der Waals surface area (Å²) in [6.07, 6.45) is -3.15. The van der Waals surface area contributed by atoms with Crippen molar-refractivity contribution in [2.75, 3.05) is 0 Å². The Morgan fingerprint density at radius 2 is 1.56 bits per heavy atom. The van der Waals surface area contributed by atoms with E-state index in [0.29, 0.717) is 17.4 Å². The zero-order chi connectivity index (χ0) is 19.0. The first-order chi connectivity index (χ1) is 11.7. The number of ether oxygens (including phenoxy) is 2. The molecule has 0 aromatic heterocycles. The number of nitrogens with one attached hydrogen (secondary N) is 1. The van der Waals surface area contributed by atoms with Gasteiger partial charge in [0.15, 0.2) is 0 Å². The number of benzene rings is 1. The smallest absolute Gasteiger partial charge is 0.349 e. The number of esters is 2. The lowest BCUT2D eigenvalue weighted by atomic mass is 10.1. The zero-order valence-electron chi connectivity index (χ0n) is 13.6. The highest BCUT2D eigenvalue weighted by atomic mass is 16.6. The molecule has 0 spiro atoms. The van der Waals surface area contributed by atoms with Gasteiger partial charge in [-0.1, -0.05) is 24.3 Å². The Morgan fingerprint density at radius 1 is 1.04 bits per heavy atom. The van der Waals surface area contributed by atoms with Crippen LogP contribution in [0, 0.1) is 0 Å². The molecular weight excluding hydrogens is 334 g/mol. The number of carbonyl (C=O) groups excluding carboxylic acids is 4. The molecule has 0 saturated carbocycles. The van der Waals surface area contributed by atoms with E-state index in [1.807, 2.05) is 0 Å². The van der Waals surface area contributed by atoms with Gasteiger partial charge >= 0.3 is 17.9 Å². The summed E-state index contributed by atoms with van der Waals surface area (Å²) >= 11 is 0. The van der Waals surface area contributed by atoms with Gasteiger partial charge < -0.3 is 19.9 Å². The van der Waals surface area contributed by atoms with Gasteiger partial charge in [-0.2, -0.15) is 0 Å². The van der Waals surface area contributed by atoms with Crippen molar-refractivity contribution in [3.63, 3.8) is 0 Å². The average molecular weight is 351 g/mol. The molecule has 1 aromatic carbocycles. The largest absolute Gasteiger partial charge is 0.478 e. The van der Waals surface area contributed by atoms with E-state index in [-0.39, 0.29) is 6.54 Å². The summed E-state index contributed by atoms with van der Waals surface area (Å²) in [6.45, 7) is 1.94. The van der Waals surface area contributed by atoms with Crippen molar-refractivity contribution < 1.29 is 38.6 Å². The molecule has 0 aliphatic carbocycles. The summed E-state index contributed by atoms with van der Waals surface area (Å²) in [5.41, 5.74) is 1.08. The maximum Gasteiger partial charge on any atom is 0.349 e. The number of rotatable bonds is 8. The Hall–Kier alpha value is -3.23. The molecule has 9 heteroatoms. The molecule has 134 valence electrons. The fourth-order valence-corrected chi connectivity index (χ4v) is 1.86. The van der Waals surface area contributed by atoms with Gasteiger partial charge in [0.1, 0.15) is 6.29 Å². The molecule has 1 amide bonds. The minimum atomic E-state index is -1.97. The third-order valence-electron chi connectivity index (χ3n) is 2.95. The third-order valence-corrected chi connectivity index (χ3v) is 2.95. The monoisotopic (exact) mass is 351 g/mol. The summed E-state index contributed by atoms with van der Waals surface area (Å²) in [5.74, 6) is -4.43. The van der Waals surface area contributed by atoms with E-state index in [4.69, 9.17) is 9.84 Å². The quantitative estimate of drug-likeness (QED) is 0.496. The number of aldehydes is 1. The second-order valence-corrected chi connectivity index (χ2v) is 4.98. The molecule has 2 unspecified atom stereocenters. The molecule has 1 aromatic rings. The minimum absolute atomic E-state index is 0.0118. The molecule has 0 heterocycles. The molecule has 0 radical (unpaired) electrons. The lowest BCUT2D eigenvalue weighted by Crippen LogP contribution is -2.49. The molecule has 2 atom stereocenters. The van der Waals surface area contributed by atoms with Crippen molar-refractivity contribution in [1.29, 1.82) is 0 Å². The summed E-state index contributed by atoms with van der Waals surface area (Å²) in [6, 6.07) is 6.26. The number of carboxylic acid groups (broad SMARTS) is 1. The normalized spacial score (nSPS) is 12.4. The van der Waals surface area contributed by atoms with Crippen LogP contribution in [-0.2, 0) is 35.2 Å². The summed E-state index contributed by atoms with van der Waals surface area (Å²) in [5, 5.41) is 11.5. The SMILES string of the molecule is CC(=O)OC(C(=O)O)C(OC(C)=O)C(=O)NCc1ccc(C=O)cc1. The maximum atomic E-state index is 12.2. The minimum Gasteiger partial charge on any atom is -0.478 e. The van der Waals surface area contributed by atoms with E-state index < -0.39 is 36.0 Å². The first-order valence-electron chi connectivity index (χ1n) is 7.13. The first kappa shape index (κ1) is 19.8. The summed E-state index contributed by atoms with van der Waals surface area (Å²) in [4.78, 5) is 56.2. The number of carbonyl (C=O) groups is 5. The van der Waals surface area contributed by atoms with E-state index in [2.05, 4.69) is 10.1 Å². The molecule has 1 rings (SSSR count). The molecule has 0 aliphatic rings. The van der Waals surface area contributed by atoms with Gasteiger partial charge in [-0.25, -0.2) is 4.79 Å². The van der Waals surface area contributed by atoms with Gasteiger partial charge in [0.25, 0.3) is 5.91 Å². The second-order valence-electron chi connectivity index (χ2n) is 4.98. The molecule has 0 bridgehead atoms. The van der Waals surface area contributed by atoms with E-state index in [0.717, 1.165) is 13.8 Å². The van der Waals surface area contributed by atoms with E-state index in [1.54, 1.807) is 12.1 Å². The van der Waals surface area contributed by atoms with Crippen molar-refractivity contribution in [2.45, 2.75) is 32.6 Å². The topological polar surface area (TPSA) is 136 Å². The standard InChI is InChI=1S/C16H17NO8/c1-9(19)24-13(14(16(22)23)25-10(2)20)15(21)17-7-11-3-5-12(8-18)6-4-11/h3-6,8,13-14H,7H2,1-2H3,(H,17,21)(H,22,23). The van der Waals surface area contributed by atoms with Crippen LogP contribution in [0.2, 0.25) is 0 Å². The predicted molar refractivity (Wildman–Crippen MR) is 82.4 cm³/mol. The molecule has 25 heavy (non-hydrogen) atoms. The maximum absolute atomic E-state index is 12.2. The highest BCUT2D eigenvalue weighted by Gasteiger charge is 2.39.